The van der Waals surface area contributed by atoms with E-state index in [1.807, 2.05) is 24.0 Å². The van der Waals surface area contributed by atoms with Crippen molar-refractivity contribution >= 4 is 16.1 Å². The summed E-state index contributed by atoms with van der Waals surface area (Å²) in [6.45, 7) is 4.86. The first-order valence-electron chi connectivity index (χ1n) is 9.74. The van der Waals surface area contributed by atoms with Gasteiger partial charge < -0.3 is 4.90 Å². The minimum Gasteiger partial charge on any atom is -0.342 e. The second kappa shape index (κ2) is 8.24. The molecule has 0 atom stereocenters. The molecular weight excluding hydrogens is 364 g/mol. The minimum atomic E-state index is -3.36. The predicted molar refractivity (Wildman–Crippen MR) is 104 cm³/mol. The van der Waals surface area contributed by atoms with Crippen LogP contribution >= 0.6 is 0 Å². The Morgan fingerprint density at radius 2 is 1.85 bits per heavy atom. The lowest BCUT2D eigenvalue weighted by Crippen LogP contribution is -2.54. The van der Waals surface area contributed by atoms with Crippen molar-refractivity contribution in [2.45, 2.75) is 39.0 Å². The van der Waals surface area contributed by atoms with E-state index in [1.54, 1.807) is 23.7 Å². The van der Waals surface area contributed by atoms with E-state index in [4.69, 9.17) is 0 Å². The van der Waals surface area contributed by atoms with Crippen LogP contribution in [-0.4, -0.2) is 72.6 Å². The standard InChI is InChI=1S/C19H30N4O3S/c1-3-21(2)27(25,26)23-14-9-19(10-15-23)8-4-18(24)22(16-19)13-7-17-5-11-20-12-6-17/h5-6,11-12H,3-4,7-10,13-16H2,1-2H3. The lowest BCUT2D eigenvalue weighted by atomic mass is 9.72. The highest BCUT2D eigenvalue weighted by molar-refractivity contribution is 7.86. The average molecular weight is 395 g/mol. The summed E-state index contributed by atoms with van der Waals surface area (Å²) < 4.78 is 28.1. The zero-order valence-corrected chi connectivity index (χ0v) is 17.1. The van der Waals surface area contributed by atoms with E-state index >= 15 is 0 Å². The molecule has 27 heavy (non-hydrogen) atoms. The first-order chi connectivity index (χ1) is 12.9. The molecule has 1 aromatic heterocycles. The Hall–Kier alpha value is -1.51. The number of hydrogen-bond acceptors (Lipinski definition) is 4. The van der Waals surface area contributed by atoms with Gasteiger partial charge in [-0.25, -0.2) is 0 Å². The summed E-state index contributed by atoms with van der Waals surface area (Å²) in [5.74, 6) is 0.218. The summed E-state index contributed by atoms with van der Waals surface area (Å²) in [4.78, 5) is 18.4. The molecule has 8 heteroatoms. The van der Waals surface area contributed by atoms with Crippen molar-refractivity contribution in [2.24, 2.45) is 5.41 Å². The smallest absolute Gasteiger partial charge is 0.281 e. The number of hydrogen-bond donors (Lipinski definition) is 0. The molecule has 0 unspecified atom stereocenters. The SMILES string of the molecule is CCN(C)S(=O)(=O)N1CCC2(CCC(=O)N(CCc3ccncc3)C2)CC1. The van der Waals surface area contributed by atoms with E-state index in [1.165, 1.54) is 9.87 Å². The second-order valence-corrected chi connectivity index (χ2v) is 9.78. The second-order valence-electron chi connectivity index (χ2n) is 7.74. The quantitative estimate of drug-likeness (QED) is 0.733. The number of piperidine rings is 2. The van der Waals surface area contributed by atoms with Crippen LogP contribution in [0.15, 0.2) is 24.5 Å². The molecule has 3 heterocycles. The van der Waals surface area contributed by atoms with E-state index in [2.05, 4.69) is 4.98 Å². The summed E-state index contributed by atoms with van der Waals surface area (Å²) >= 11 is 0. The van der Waals surface area contributed by atoms with Crippen LogP contribution in [0.5, 0.6) is 0 Å². The zero-order chi connectivity index (χ0) is 19.5. The Bertz CT molecular complexity index is 745. The molecule has 0 bridgehead atoms. The summed E-state index contributed by atoms with van der Waals surface area (Å²) in [6, 6.07) is 3.97. The summed E-state index contributed by atoms with van der Waals surface area (Å²) in [5, 5.41) is 0. The molecule has 0 saturated carbocycles. The van der Waals surface area contributed by atoms with Crippen LogP contribution < -0.4 is 0 Å². The van der Waals surface area contributed by atoms with Crippen molar-refractivity contribution < 1.29 is 13.2 Å². The maximum Gasteiger partial charge on any atom is 0.281 e. The van der Waals surface area contributed by atoms with Crippen LogP contribution in [0.1, 0.15) is 38.2 Å². The molecule has 3 rings (SSSR count). The largest absolute Gasteiger partial charge is 0.342 e. The Morgan fingerprint density at radius 1 is 1.19 bits per heavy atom. The van der Waals surface area contributed by atoms with Crippen molar-refractivity contribution in [3.8, 4) is 0 Å². The fourth-order valence-corrected chi connectivity index (χ4v) is 5.44. The van der Waals surface area contributed by atoms with Gasteiger partial charge in [0.05, 0.1) is 0 Å². The molecule has 1 aromatic rings. The number of carbonyl (C=O) groups excluding carboxylic acids is 1. The fraction of sp³-hybridized carbons (Fsp3) is 0.684. The van der Waals surface area contributed by atoms with E-state index in [0.29, 0.717) is 32.6 Å². The van der Waals surface area contributed by atoms with Gasteiger partial charge in [-0.1, -0.05) is 6.92 Å². The molecule has 0 radical (unpaired) electrons. The molecule has 150 valence electrons. The third-order valence-corrected chi connectivity index (χ3v) is 8.18. The van der Waals surface area contributed by atoms with Gasteiger partial charge in [0.15, 0.2) is 0 Å². The number of aromatic nitrogens is 1. The molecule has 1 amide bonds. The molecule has 0 aromatic carbocycles. The van der Waals surface area contributed by atoms with Gasteiger partial charge >= 0.3 is 0 Å². The van der Waals surface area contributed by atoms with Crippen molar-refractivity contribution in [1.82, 2.24) is 18.5 Å². The number of nitrogens with zero attached hydrogens (tertiary/aromatic N) is 4. The van der Waals surface area contributed by atoms with E-state index in [9.17, 15) is 13.2 Å². The Kier molecular flexibility index (Phi) is 6.18. The molecule has 0 N–H and O–H groups in total. The van der Waals surface area contributed by atoms with Crippen LogP contribution in [0, 0.1) is 5.41 Å². The van der Waals surface area contributed by atoms with Crippen molar-refractivity contribution in [3.63, 3.8) is 0 Å². The van der Waals surface area contributed by atoms with Gasteiger partial charge in [0.25, 0.3) is 10.2 Å². The highest BCUT2D eigenvalue weighted by Crippen LogP contribution is 2.40. The molecule has 2 saturated heterocycles. The van der Waals surface area contributed by atoms with Gasteiger partial charge in [0.1, 0.15) is 0 Å². The van der Waals surface area contributed by atoms with Crippen molar-refractivity contribution in [1.29, 1.82) is 0 Å². The molecule has 0 aliphatic carbocycles. The van der Waals surface area contributed by atoms with Gasteiger partial charge in [-0.15, -0.1) is 0 Å². The lowest BCUT2D eigenvalue weighted by molar-refractivity contribution is -0.138. The van der Waals surface area contributed by atoms with E-state index in [-0.39, 0.29) is 11.3 Å². The Labute approximate surface area is 162 Å². The topological polar surface area (TPSA) is 73.8 Å². The fourth-order valence-electron chi connectivity index (χ4n) is 4.08. The summed E-state index contributed by atoms with van der Waals surface area (Å²) in [7, 11) is -1.73. The third kappa shape index (κ3) is 4.50. The number of amides is 1. The van der Waals surface area contributed by atoms with Gasteiger partial charge in [-0.05, 0) is 48.8 Å². The summed E-state index contributed by atoms with van der Waals surface area (Å²) in [6.07, 6.45) is 7.46. The normalized spacial score (nSPS) is 21.1. The van der Waals surface area contributed by atoms with Crippen LogP contribution in [0.4, 0.5) is 0 Å². The first-order valence-corrected chi connectivity index (χ1v) is 11.1. The highest BCUT2D eigenvalue weighted by Gasteiger charge is 2.43. The van der Waals surface area contributed by atoms with E-state index < -0.39 is 10.2 Å². The zero-order valence-electron chi connectivity index (χ0n) is 16.3. The number of rotatable bonds is 6. The van der Waals surface area contributed by atoms with Gasteiger partial charge in [0, 0.05) is 58.6 Å². The number of likely N-dealkylation sites (tertiary alicyclic amines) is 1. The molecule has 2 fully saturated rings. The molecular formula is C19H30N4O3S. The van der Waals surface area contributed by atoms with Gasteiger partial charge in [-0.3, -0.25) is 9.78 Å². The maximum absolute atomic E-state index is 12.5. The first kappa shape index (κ1) is 20.2. The Balaban J connectivity index is 1.60. The Morgan fingerprint density at radius 3 is 2.48 bits per heavy atom. The van der Waals surface area contributed by atoms with Crippen molar-refractivity contribution in [3.05, 3.63) is 30.1 Å². The molecule has 7 nitrogen and oxygen atoms in total. The van der Waals surface area contributed by atoms with Crippen LogP contribution in [0.25, 0.3) is 0 Å². The lowest BCUT2D eigenvalue weighted by Gasteiger charge is -2.47. The molecule has 2 aliphatic heterocycles. The highest BCUT2D eigenvalue weighted by atomic mass is 32.2. The van der Waals surface area contributed by atoms with Crippen molar-refractivity contribution in [2.75, 3.05) is 39.8 Å². The summed E-state index contributed by atoms with van der Waals surface area (Å²) in [5.41, 5.74) is 1.24. The maximum atomic E-state index is 12.5. The van der Waals surface area contributed by atoms with E-state index in [0.717, 1.165) is 32.2 Å². The van der Waals surface area contributed by atoms with Crippen LogP contribution in [-0.2, 0) is 21.4 Å². The molecule has 1 spiro atoms. The average Bonchev–Trinajstić information content (AvgIpc) is 2.69. The molecule has 2 aliphatic rings. The third-order valence-electron chi connectivity index (χ3n) is 6.12. The monoisotopic (exact) mass is 394 g/mol. The minimum absolute atomic E-state index is 0.0585. The predicted octanol–water partition coefficient (Wildman–Crippen LogP) is 1.53. The number of carbonyl (C=O) groups is 1. The van der Waals surface area contributed by atoms with Crippen LogP contribution in [0.3, 0.4) is 0 Å². The van der Waals surface area contributed by atoms with Gasteiger partial charge in [0.2, 0.25) is 5.91 Å². The van der Waals surface area contributed by atoms with Crippen LogP contribution in [0.2, 0.25) is 0 Å². The number of pyridine rings is 1. The van der Waals surface area contributed by atoms with Gasteiger partial charge in [-0.2, -0.15) is 17.0 Å².